The van der Waals surface area contributed by atoms with E-state index in [1.165, 1.54) is 0 Å². The summed E-state index contributed by atoms with van der Waals surface area (Å²) >= 11 is 0. The minimum absolute atomic E-state index is 0.270. The first-order valence-corrected chi connectivity index (χ1v) is 6.43. The molecule has 1 aliphatic rings. The number of rotatable bonds is 6. The molecule has 1 aromatic carbocycles. The molecule has 0 radical (unpaired) electrons. The first kappa shape index (κ1) is 13.7. The molecule has 0 aliphatic carbocycles. The highest BCUT2D eigenvalue weighted by Crippen LogP contribution is 2.32. The molecule has 1 unspecified atom stereocenters. The molecule has 0 saturated carbocycles. The van der Waals surface area contributed by atoms with Gasteiger partial charge in [-0.2, -0.15) is 0 Å². The van der Waals surface area contributed by atoms with E-state index in [4.69, 9.17) is 14.6 Å². The molecular weight excluding hydrogens is 246 g/mol. The van der Waals surface area contributed by atoms with Crippen molar-refractivity contribution in [1.82, 2.24) is 4.90 Å². The summed E-state index contributed by atoms with van der Waals surface area (Å²) in [5.74, 6) is 0.406. The molecule has 1 atom stereocenters. The highest BCUT2D eigenvalue weighted by molar-refractivity contribution is 5.69. The lowest BCUT2D eigenvalue weighted by atomic mass is 10.1. The SMILES string of the molecule is CCN(Cc1ccc2c(c1)OCO2)CC(C)C(=O)O. The van der Waals surface area contributed by atoms with Crippen molar-refractivity contribution in [3.63, 3.8) is 0 Å². The fraction of sp³-hybridized carbons (Fsp3) is 0.500. The van der Waals surface area contributed by atoms with Crippen molar-refractivity contribution in [2.45, 2.75) is 20.4 Å². The Morgan fingerprint density at radius 1 is 1.42 bits per heavy atom. The van der Waals surface area contributed by atoms with Crippen LogP contribution in [0.3, 0.4) is 0 Å². The summed E-state index contributed by atoms with van der Waals surface area (Å²) in [5.41, 5.74) is 1.10. The third-order valence-electron chi connectivity index (χ3n) is 3.24. The van der Waals surface area contributed by atoms with Crippen molar-refractivity contribution in [2.75, 3.05) is 19.9 Å². The zero-order valence-corrected chi connectivity index (χ0v) is 11.3. The van der Waals surface area contributed by atoms with Crippen molar-refractivity contribution in [2.24, 2.45) is 5.92 Å². The third kappa shape index (κ3) is 3.38. The standard InChI is InChI=1S/C14H19NO4/c1-3-15(7-10(2)14(16)17)8-11-4-5-12-13(6-11)19-9-18-12/h4-6,10H,3,7-9H2,1-2H3,(H,16,17). The summed E-state index contributed by atoms with van der Waals surface area (Å²) in [4.78, 5) is 13.0. The molecule has 0 fully saturated rings. The van der Waals surface area contributed by atoms with Crippen LogP contribution in [-0.2, 0) is 11.3 Å². The van der Waals surface area contributed by atoms with Crippen LogP contribution in [0.5, 0.6) is 11.5 Å². The summed E-state index contributed by atoms with van der Waals surface area (Å²) in [6.07, 6.45) is 0. The smallest absolute Gasteiger partial charge is 0.307 e. The Kier molecular flexibility index (Phi) is 4.27. The average Bonchev–Trinajstić information content (AvgIpc) is 2.85. The molecule has 1 aliphatic heterocycles. The Labute approximate surface area is 112 Å². The summed E-state index contributed by atoms with van der Waals surface area (Å²) in [7, 11) is 0. The number of aliphatic carboxylic acids is 1. The summed E-state index contributed by atoms with van der Waals surface area (Å²) < 4.78 is 10.6. The maximum atomic E-state index is 10.9. The van der Waals surface area contributed by atoms with E-state index in [2.05, 4.69) is 4.90 Å². The number of carboxylic acid groups (broad SMARTS) is 1. The number of ether oxygens (including phenoxy) is 2. The topological polar surface area (TPSA) is 59.0 Å². The molecule has 0 bridgehead atoms. The Bertz CT molecular complexity index is 461. The molecule has 5 nitrogen and oxygen atoms in total. The summed E-state index contributed by atoms with van der Waals surface area (Å²) in [5, 5.41) is 8.96. The maximum absolute atomic E-state index is 10.9. The van der Waals surface area contributed by atoms with E-state index >= 15 is 0 Å². The summed E-state index contributed by atoms with van der Waals surface area (Å²) in [6, 6.07) is 5.84. The van der Waals surface area contributed by atoms with Crippen LogP contribution in [0.1, 0.15) is 19.4 Å². The number of hydrogen-bond donors (Lipinski definition) is 1. The monoisotopic (exact) mass is 265 g/mol. The Hall–Kier alpha value is -1.75. The first-order chi connectivity index (χ1) is 9.10. The molecule has 0 saturated heterocycles. The lowest BCUT2D eigenvalue weighted by Crippen LogP contribution is -2.31. The normalized spacial score (nSPS) is 14.7. The van der Waals surface area contributed by atoms with Gasteiger partial charge in [0.25, 0.3) is 0 Å². The largest absolute Gasteiger partial charge is 0.481 e. The van der Waals surface area contributed by atoms with Crippen LogP contribution in [0.2, 0.25) is 0 Å². The van der Waals surface area contributed by atoms with Gasteiger partial charge in [0.1, 0.15) is 0 Å². The van der Waals surface area contributed by atoms with E-state index in [1.54, 1.807) is 6.92 Å². The molecule has 1 aromatic rings. The van der Waals surface area contributed by atoms with Crippen LogP contribution >= 0.6 is 0 Å². The molecular formula is C14H19NO4. The van der Waals surface area contributed by atoms with E-state index in [9.17, 15) is 4.79 Å². The van der Waals surface area contributed by atoms with Crippen LogP contribution in [-0.4, -0.2) is 35.9 Å². The highest BCUT2D eigenvalue weighted by Gasteiger charge is 2.17. The first-order valence-electron chi connectivity index (χ1n) is 6.43. The Balaban J connectivity index is 2.00. The molecule has 104 valence electrons. The van der Waals surface area contributed by atoms with Crippen LogP contribution in [0.25, 0.3) is 0 Å². The van der Waals surface area contributed by atoms with Crippen molar-refractivity contribution >= 4 is 5.97 Å². The number of nitrogens with zero attached hydrogens (tertiary/aromatic N) is 1. The van der Waals surface area contributed by atoms with E-state index in [0.717, 1.165) is 23.6 Å². The molecule has 1 heterocycles. The lowest BCUT2D eigenvalue weighted by Gasteiger charge is -2.22. The van der Waals surface area contributed by atoms with Gasteiger partial charge in [-0.25, -0.2) is 0 Å². The van der Waals surface area contributed by atoms with Gasteiger partial charge in [0, 0.05) is 13.1 Å². The highest BCUT2D eigenvalue weighted by atomic mass is 16.7. The predicted molar refractivity (Wildman–Crippen MR) is 70.3 cm³/mol. The van der Waals surface area contributed by atoms with Crippen molar-refractivity contribution in [3.8, 4) is 11.5 Å². The molecule has 0 aromatic heterocycles. The van der Waals surface area contributed by atoms with Gasteiger partial charge in [-0.3, -0.25) is 9.69 Å². The zero-order valence-electron chi connectivity index (χ0n) is 11.3. The minimum atomic E-state index is -0.760. The van der Waals surface area contributed by atoms with E-state index < -0.39 is 5.97 Å². The quantitative estimate of drug-likeness (QED) is 0.852. The number of benzene rings is 1. The second-order valence-corrected chi connectivity index (χ2v) is 4.75. The fourth-order valence-corrected chi connectivity index (χ4v) is 2.07. The van der Waals surface area contributed by atoms with E-state index in [0.29, 0.717) is 13.1 Å². The second kappa shape index (κ2) is 5.93. The molecule has 0 amide bonds. The van der Waals surface area contributed by atoms with Crippen LogP contribution in [0, 0.1) is 5.92 Å². The Morgan fingerprint density at radius 2 is 2.16 bits per heavy atom. The molecule has 1 N–H and O–H groups in total. The van der Waals surface area contributed by atoms with Crippen LogP contribution < -0.4 is 9.47 Å². The van der Waals surface area contributed by atoms with E-state index in [1.807, 2.05) is 25.1 Å². The average molecular weight is 265 g/mol. The van der Waals surface area contributed by atoms with Crippen LogP contribution in [0.15, 0.2) is 18.2 Å². The molecule has 2 rings (SSSR count). The predicted octanol–water partition coefficient (Wildman–Crippen LogP) is 1.96. The van der Waals surface area contributed by atoms with Crippen LogP contribution in [0.4, 0.5) is 0 Å². The van der Waals surface area contributed by atoms with Gasteiger partial charge >= 0.3 is 5.97 Å². The molecule has 5 heteroatoms. The van der Waals surface area contributed by atoms with Gasteiger partial charge in [-0.1, -0.05) is 19.9 Å². The fourth-order valence-electron chi connectivity index (χ4n) is 2.07. The third-order valence-corrected chi connectivity index (χ3v) is 3.24. The van der Waals surface area contributed by atoms with Crippen molar-refractivity contribution in [1.29, 1.82) is 0 Å². The lowest BCUT2D eigenvalue weighted by molar-refractivity contribution is -0.141. The van der Waals surface area contributed by atoms with Gasteiger partial charge in [-0.15, -0.1) is 0 Å². The number of carboxylic acids is 1. The van der Waals surface area contributed by atoms with Gasteiger partial charge in [0.15, 0.2) is 11.5 Å². The molecule has 19 heavy (non-hydrogen) atoms. The number of hydrogen-bond acceptors (Lipinski definition) is 4. The summed E-state index contributed by atoms with van der Waals surface area (Å²) in [6.45, 7) is 6.09. The van der Waals surface area contributed by atoms with Crippen molar-refractivity contribution in [3.05, 3.63) is 23.8 Å². The second-order valence-electron chi connectivity index (χ2n) is 4.75. The minimum Gasteiger partial charge on any atom is -0.481 e. The number of fused-ring (bicyclic) bond motifs is 1. The zero-order chi connectivity index (χ0) is 13.8. The maximum Gasteiger partial charge on any atom is 0.307 e. The van der Waals surface area contributed by atoms with E-state index in [-0.39, 0.29) is 12.7 Å². The Morgan fingerprint density at radius 3 is 2.84 bits per heavy atom. The molecule has 0 spiro atoms. The van der Waals surface area contributed by atoms with Gasteiger partial charge in [-0.05, 0) is 24.2 Å². The van der Waals surface area contributed by atoms with Gasteiger partial charge in [0.2, 0.25) is 6.79 Å². The number of carbonyl (C=O) groups is 1. The van der Waals surface area contributed by atoms with Gasteiger partial charge < -0.3 is 14.6 Å². The van der Waals surface area contributed by atoms with Crippen molar-refractivity contribution < 1.29 is 19.4 Å². The van der Waals surface area contributed by atoms with Gasteiger partial charge in [0.05, 0.1) is 5.92 Å².